The van der Waals surface area contributed by atoms with E-state index in [2.05, 4.69) is 16.0 Å². The third-order valence-electron chi connectivity index (χ3n) is 5.57. The molecule has 0 saturated carbocycles. The number of hydrogen-bond donors (Lipinski definition) is 1. The number of H-pyrrole nitrogens is 1. The summed E-state index contributed by atoms with van der Waals surface area (Å²) in [5.41, 5.74) is 2.75. The first kappa shape index (κ1) is 19.3. The Balaban J connectivity index is 1.30. The van der Waals surface area contributed by atoms with E-state index in [9.17, 15) is 4.79 Å². The van der Waals surface area contributed by atoms with Crippen molar-refractivity contribution in [2.24, 2.45) is 0 Å². The molecule has 1 aliphatic heterocycles. The number of carbonyl (C=O) groups excluding carboxylic acids is 1. The highest BCUT2D eigenvalue weighted by atomic mass is 16.5. The summed E-state index contributed by atoms with van der Waals surface area (Å²) in [7, 11) is 1.65. The van der Waals surface area contributed by atoms with Crippen molar-refractivity contribution in [1.82, 2.24) is 14.8 Å². The first-order valence-electron chi connectivity index (χ1n) is 10.0. The Morgan fingerprint density at radius 2 is 1.69 bits per heavy atom. The van der Waals surface area contributed by atoms with Gasteiger partial charge in [-0.25, -0.2) is 0 Å². The molecule has 29 heavy (non-hydrogen) atoms. The topological polar surface area (TPSA) is 57.8 Å². The molecule has 0 spiro atoms. The summed E-state index contributed by atoms with van der Waals surface area (Å²) in [6, 6.07) is 15.7. The molecule has 1 aliphatic rings. The molecule has 0 aliphatic carbocycles. The van der Waals surface area contributed by atoms with Crippen LogP contribution < -0.4 is 9.47 Å². The van der Waals surface area contributed by atoms with Crippen LogP contribution in [-0.4, -0.2) is 67.1 Å². The first-order chi connectivity index (χ1) is 14.2. The number of benzene rings is 2. The van der Waals surface area contributed by atoms with Gasteiger partial charge in [-0.15, -0.1) is 0 Å². The highest BCUT2D eigenvalue weighted by Crippen LogP contribution is 2.26. The second kappa shape index (κ2) is 8.57. The Labute approximate surface area is 171 Å². The second-order valence-electron chi connectivity index (χ2n) is 7.30. The lowest BCUT2D eigenvalue weighted by atomic mass is 10.1. The van der Waals surface area contributed by atoms with Gasteiger partial charge < -0.3 is 19.4 Å². The minimum Gasteiger partial charge on any atom is -0.493 e. The van der Waals surface area contributed by atoms with Gasteiger partial charge in [-0.05, 0) is 30.7 Å². The fraction of sp³-hybridized carbons (Fsp3) is 0.348. The number of rotatable bonds is 6. The Morgan fingerprint density at radius 1 is 1.00 bits per heavy atom. The number of nitrogens with one attached hydrogen (secondary N) is 1. The van der Waals surface area contributed by atoms with E-state index in [0.29, 0.717) is 12.3 Å². The molecule has 1 saturated heterocycles. The molecular weight excluding hydrogens is 366 g/mol. The average molecular weight is 393 g/mol. The number of piperazine rings is 1. The number of methoxy groups -OCH3 is 1. The maximum Gasteiger partial charge on any atom is 0.270 e. The maximum absolute atomic E-state index is 13.0. The van der Waals surface area contributed by atoms with Gasteiger partial charge in [0.2, 0.25) is 0 Å². The number of hydrogen-bond acceptors (Lipinski definition) is 4. The molecule has 0 bridgehead atoms. The Kier molecular flexibility index (Phi) is 5.71. The molecule has 0 radical (unpaired) electrons. The summed E-state index contributed by atoms with van der Waals surface area (Å²) in [4.78, 5) is 20.6. The summed E-state index contributed by atoms with van der Waals surface area (Å²) in [6.45, 7) is 6.57. The third kappa shape index (κ3) is 4.07. The van der Waals surface area contributed by atoms with Gasteiger partial charge >= 0.3 is 0 Å². The molecule has 1 fully saturated rings. The van der Waals surface area contributed by atoms with Gasteiger partial charge in [0, 0.05) is 43.6 Å². The van der Waals surface area contributed by atoms with Gasteiger partial charge in [-0.2, -0.15) is 0 Å². The predicted molar refractivity (Wildman–Crippen MR) is 114 cm³/mol. The van der Waals surface area contributed by atoms with Gasteiger partial charge in [0.05, 0.1) is 7.11 Å². The molecule has 4 rings (SSSR count). The van der Waals surface area contributed by atoms with Crippen LogP contribution >= 0.6 is 0 Å². The highest BCUT2D eigenvalue weighted by Gasteiger charge is 2.25. The van der Waals surface area contributed by atoms with Crippen molar-refractivity contribution in [1.29, 1.82) is 0 Å². The molecule has 2 aromatic carbocycles. The third-order valence-corrected chi connectivity index (χ3v) is 5.57. The molecule has 1 aromatic heterocycles. The van der Waals surface area contributed by atoms with Crippen molar-refractivity contribution in [3.8, 4) is 11.5 Å². The zero-order chi connectivity index (χ0) is 20.2. The number of aryl methyl sites for hydroxylation is 1. The standard InChI is InChI=1S/C23H27N3O3/c1-17-18-7-3-4-8-19(18)24-22(17)23(27)26-13-11-25(12-14-26)15-16-29-21-10-6-5-9-20(21)28-2/h3-10,24H,11-16H2,1-2H3. The van der Waals surface area contributed by atoms with Crippen LogP contribution in [0.1, 0.15) is 16.1 Å². The number of aromatic amines is 1. The van der Waals surface area contributed by atoms with Crippen molar-refractivity contribution in [3.63, 3.8) is 0 Å². The van der Waals surface area contributed by atoms with Gasteiger partial charge in [0.15, 0.2) is 11.5 Å². The largest absolute Gasteiger partial charge is 0.493 e. The summed E-state index contributed by atoms with van der Waals surface area (Å²) >= 11 is 0. The van der Waals surface area contributed by atoms with Gasteiger partial charge in [-0.3, -0.25) is 9.69 Å². The van der Waals surface area contributed by atoms with E-state index in [1.165, 1.54) is 0 Å². The second-order valence-corrected chi connectivity index (χ2v) is 7.30. The van der Waals surface area contributed by atoms with Crippen LogP contribution in [0.15, 0.2) is 48.5 Å². The normalized spacial score (nSPS) is 14.9. The lowest BCUT2D eigenvalue weighted by molar-refractivity contribution is 0.0614. The summed E-state index contributed by atoms with van der Waals surface area (Å²) in [5, 5.41) is 1.11. The van der Waals surface area contributed by atoms with E-state index in [1.807, 2.05) is 54.3 Å². The number of nitrogens with zero attached hydrogens (tertiary/aromatic N) is 2. The van der Waals surface area contributed by atoms with E-state index >= 15 is 0 Å². The van der Waals surface area contributed by atoms with E-state index in [4.69, 9.17) is 9.47 Å². The van der Waals surface area contributed by atoms with Crippen LogP contribution in [0.3, 0.4) is 0 Å². The molecule has 152 valence electrons. The molecule has 3 aromatic rings. The number of amides is 1. The van der Waals surface area contributed by atoms with Crippen LogP contribution in [0.25, 0.3) is 10.9 Å². The number of para-hydroxylation sites is 3. The molecule has 6 heteroatoms. The van der Waals surface area contributed by atoms with E-state index in [-0.39, 0.29) is 5.91 Å². The summed E-state index contributed by atoms with van der Waals surface area (Å²) < 4.78 is 11.2. The first-order valence-corrected chi connectivity index (χ1v) is 10.0. The van der Waals surface area contributed by atoms with Crippen LogP contribution in [0.2, 0.25) is 0 Å². The zero-order valence-electron chi connectivity index (χ0n) is 17.0. The molecule has 0 atom stereocenters. The van der Waals surface area contributed by atoms with Crippen molar-refractivity contribution in [3.05, 3.63) is 59.8 Å². The summed E-state index contributed by atoms with van der Waals surface area (Å²) in [5.74, 6) is 1.60. The van der Waals surface area contributed by atoms with Crippen molar-refractivity contribution >= 4 is 16.8 Å². The van der Waals surface area contributed by atoms with Gasteiger partial charge in [-0.1, -0.05) is 30.3 Å². The van der Waals surface area contributed by atoms with Crippen LogP contribution in [0, 0.1) is 6.92 Å². The number of fused-ring (bicyclic) bond motifs is 1. The predicted octanol–water partition coefficient (Wildman–Crippen LogP) is 3.32. The SMILES string of the molecule is COc1ccccc1OCCN1CCN(C(=O)c2[nH]c3ccccc3c2C)CC1. The smallest absolute Gasteiger partial charge is 0.270 e. The molecule has 1 N–H and O–H groups in total. The highest BCUT2D eigenvalue weighted by molar-refractivity contribution is 6.00. The minimum atomic E-state index is 0.0867. The summed E-state index contributed by atoms with van der Waals surface area (Å²) in [6.07, 6.45) is 0. The van der Waals surface area contributed by atoms with Crippen LogP contribution in [-0.2, 0) is 0 Å². The van der Waals surface area contributed by atoms with E-state index < -0.39 is 0 Å². The Bertz CT molecular complexity index is 990. The van der Waals surface area contributed by atoms with Gasteiger partial charge in [0.25, 0.3) is 5.91 Å². The molecule has 2 heterocycles. The van der Waals surface area contributed by atoms with Crippen molar-refractivity contribution in [2.75, 3.05) is 46.4 Å². The number of ether oxygens (including phenoxy) is 2. The molecular formula is C23H27N3O3. The zero-order valence-corrected chi connectivity index (χ0v) is 17.0. The fourth-order valence-corrected chi connectivity index (χ4v) is 3.85. The van der Waals surface area contributed by atoms with E-state index in [1.54, 1.807) is 7.11 Å². The Morgan fingerprint density at radius 3 is 2.41 bits per heavy atom. The Hall–Kier alpha value is -2.99. The quantitative estimate of drug-likeness (QED) is 0.698. The van der Waals surface area contributed by atoms with Crippen LogP contribution in [0.4, 0.5) is 0 Å². The fourth-order valence-electron chi connectivity index (χ4n) is 3.85. The molecule has 1 amide bonds. The average Bonchev–Trinajstić information content (AvgIpc) is 3.11. The number of carbonyl (C=O) groups is 1. The monoisotopic (exact) mass is 393 g/mol. The van der Waals surface area contributed by atoms with Crippen molar-refractivity contribution < 1.29 is 14.3 Å². The number of aromatic nitrogens is 1. The van der Waals surface area contributed by atoms with Gasteiger partial charge in [0.1, 0.15) is 12.3 Å². The van der Waals surface area contributed by atoms with E-state index in [0.717, 1.165) is 60.7 Å². The van der Waals surface area contributed by atoms with Crippen LogP contribution in [0.5, 0.6) is 11.5 Å². The molecule has 0 unspecified atom stereocenters. The minimum absolute atomic E-state index is 0.0867. The van der Waals surface area contributed by atoms with Crippen molar-refractivity contribution in [2.45, 2.75) is 6.92 Å². The maximum atomic E-state index is 13.0. The molecule has 6 nitrogen and oxygen atoms in total. The lowest BCUT2D eigenvalue weighted by Gasteiger charge is -2.34. The lowest BCUT2D eigenvalue weighted by Crippen LogP contribution is -2.49.